The second-order valence-electron chi connectivity index (χ2n) is 4.53. The lowest BCUT2D eigenvalue weighted by Crippen LogP contribution is -2.33. The van der Waals surface area contributed by atoms with E-state index in [1.807, 2.05) is 19.9 Å². The zero-order valence-electron chi connectivity index (χ0n) is 11.7. The number of aromatic nitrogens is 2. The number of benzene rings is 1. The molecule has 21 heavy (non-hydrogen) atoms. The van der Waals surface area contributed by atoms with Crippen LogP contribution < -0.4 is 10.6 Å². The second-order valence-corrected chi connectivity index (χ2v) is 5.39. The van der Waals surface area contributed by atoms with E-state index < -0.39 is 0 Å². The Hall–Kier alpha value is -2.15. The zero-order valence-corrected chi connectivity index (χ0v) is 13.2. The van der Waals surface area contributed by atoms with Crippen molar-refractivity contribution in [2.24, 2.45) is 0 Å². The monoisotopic (exact) mass is 350 g/mol. The van der Waals surface area contributed by atoms with Gasteiger partial charge in [0.2, 0.25) is 5.91 Å². The predicted molar refractivity (Wildman–Crippen MR) is 83.2 cm³/mol. The molecule has 1 aromatic carbocycles. The van der Waals surface area contributed by atoms with Crippen LogP contribution in [0.2, 0.25) is 0 Å². The molecule has 0 bridgehead atoms. The Balaban J connectivity index is 1.91. The highest BCUT2D eigenvalue weighted by molar-refractivity contribution is 9.10. The van der Waals surface area contributed by atoms with Gasteiger partial charge in [-0.15, -0.1) is 0 Å². The van der Waals surface area contributed by atoms with Gasteiger partial charge in [-0.3, -0.25) is 14.7 Å². The fraction of sp³-hybridized carbons (Fsp3) is 0.214. The van der Waals surface area contributed by atoms with Crippen LogP contribution in [0.3, 0.4) is 0 Å². The van der Waals surface area contributed by atoms with Crippen molar-refractivity contribution in [3.63, 3.8) is 0 Å². The van der Waals surface area contributed by atoms with Gasteiger partial charge in [-0.05, 0) is 41.9 Å². The molecule has 0 fully saturated rings. The van der Waals surface area contributed by atoms with Gasteiger partial charge in [0.15, 0.2) is 5.82 Å². The molecule has 0 saturated heterocycles. The number of aryl methyl sites for hydroxylation is 1. The number of nitrogens with zero attached hydrogens (tertiary/aromatic N) is 1. The number of hydrogen-bond acceptors (Lipinski definition) is 3. The van der Waals surface area contributed by atoms with E-state index >= 15 is 0 Å². The fourth-order valence-corrected chi connectivity index (χ4v) is 2.15. The third kappa shape index (κ3) is 3.69. The number of nitrogens with one attached hydrogen (secondary N) is 3. The Morgan fingerprint density at radius 1 is 1.29 bits per heavy atom. The molecule has 0 saturated carbocycles. The maximum Gasteiger partial charge on any atom is 0.252 e. The largest absolute Gasteiger partial charge is 0.343 e. The van der Waals surface area contributed by atoms with Gasteiger partial charge in [-0.1, -0.05) is 12.1 Å². The molecule has 6 nitrogen and oxygen atoms in total. The Kier molecular flexibility index (Phi) is 4.74. The van der Waals surface area contributed by atoms with Gasteiger partial charge in [-0.25, -0.2) is 0 Å². The molecule has 110 valence electrons. The average molecular weight is 351 g/mol. The van der Waals surface area contributed by atoms with Crippen LogP contribution in [0, 0.1) is 13.8 Å². The number of hydrogen-bond donors (Lipinski definition) is 3. The minimum atomic E-state index is -0.329. The van der Waals surface area contributed by atoms with E-state index in [1.165, 1.54) is 0 Å². The first-order valence-corrected chi connectivity index (χ1v) is 7.12. The standard InChI is InChI=1S/C14H15BrN4O2/c1-8-9(2)18-19-13(8)17-12(20)7-16-14(21)10-5-3-4-6-11(10)15/h3-6H,7H2,1-2H3,(H,16,21)(H2,17,18,19,20). The van der Waals surface area contributed by atoms with E-state index in [0.29, 0.717) is 15.9 Å². The number of carbonyl (C=O) groups is 2. The van der Waals surface area contributed by atoms with Gasteiger partial charge in [0.05, 0.1) is 12.1 Å². The fourth-order valence-electron chi connectivity index (χ4n) is 1.68. The van der Waals surface area contributed by atoms with Crippen molar-refractivity contribution in [1.82, 2.24) is 15.5 Å². The molecule has 2 amide bonds. The summed E-state index contributed by atoms with van der Waals surface area (Å²) < 4.78 is 0.682. The van der Waals surface area contributed by atoms with Crippen LogP contribution in [-0.2, 0) is 4.79 Å². The highest BCUT2D eigenvalue weighted by atomic mass is 79.9. The van der Waals surface area contributed by atoms with Crippen LogP contribution in [0.15, 0.2) is 28.7 Å². The maximum absolute atomic E-state index is 12.0. The van der Waals surface area contributed by atoms with Crippen LogP contribution in [0.5, 0.6) is 0 Å². The zero-order chi connectivity index (χ0) is 15.4. The van der Waals surface area contributed by atoms with Crippen LogP contribution in [0.1, 0.15) is 21.6 Å². The van der Waals surface area contributed by atoms with E-state index in [4.69, 9.17) is 0 Å². The summed E-state index contributed by atoms with van der Waals surface area (Å²) in [5, 5.41) is 12.0. The molecule has 2 rings (SSSR count). The number of rotatable bonds is 4. The van der Waals surface area contributed by atoms with E-state index in [-0.39, 0.29) is 18.4 Å². The van der Waals surface area contributed by atoms with Crippen molar-refractivity contribution in [3.8, 4) is 0 Å². The summed E-state index contributed by atoms with van der Waals surface area (Å²) in [6.07, 6.45) is 0. The lowest BCUT2D eigenvalue weighted by Gasteiger charge is -2.07. The van der Waals surface area contributed by atoms with E-state index in [9.17, 15) is 9.59 Å². The van der Waals surface area contributed by atoms with Gasteiger partial charge in [-0.2, -0.15) is 5.10 Å². The Bertz CT molecular complexity index is 681. The molecule has 0 spiro atoms. The molecule has 1 aromatic heterocycles. The van der Waals surface area contributed by atoms with E-state index in [0.717, 1.165) is 11.3 Å². The molecule has 1 heterocycles. The van der Waals surface area contributed by atoms with Crippen LogP contribution >= 0.6 is 15.9 Å². The number of aromatic amines is 1. The van der Waals surface area contributed by atoms with Crippen LogP contribution in [0.4, 0.5) is 5.82 Å². The summed E-state index contributed by atoms with van der Waals surface area (Å²) in [6.45, 7) is 3.60. The molecule has 0 radical (unpaired) electrons. The molecule has 0 aliphatic rings. The first-order chi connectivity index (χ1) is 9.99. The average Bonchev–Trinajstić information content (AvgIpc) is 2.77. The third-order valence-electron chi connectivity index (χ3n) is 3.04. The number of halogens is 1. The van der Waals surface area contributed by atoms with Crippen LogP contribution in [-0.4, -0.2) is 28.6 Å². The van der Waals surface area contributed by atoms with Crippen molar-refractivity contribution in [2.45, 2.75) is 13.8 Å². The molecule has 0 unspecified atom stereocenters. The lowest BCUT2D eigenvalue weighted by atomic mass is 10.2. The quantitative estimate of drug-likeness (QED) is 0.789. The Labute approximate surface area is 130 Å². The molecule has 2 aromatic rings. The highest BCUT2D eigenvalue weighted by Crippen LogP contribution is 2.15. The molecule has 0 aliphatic carbocycles. The van der Waals surface area contributed by atoms with Gasteiger partial charge >= 0.3 is 0 Å². The van der Waals surface area contributed by atoms with Crippen molar-refractivity contribution < 1.29 is 9.59 Å². The third-order valence-corrected chi connectivity index (χ3v) is 3.73. The van der Waals surface area contributed by atoms with Gasteiger partial charge in [0, 0.05) is 15.7 Å². The Morgan fingerprint density at radius 2 is 2.00 bits per heavy atom. The minimum absolute atomic E-state index is 0.120. The molecule has 0 aliphatic heterocycles. The topological polar surface area (TPSA) is 86.9 Å². The minimum Gasteiger partial charge on any atom is -0.343 e. The van der Waals surface area contributed by atoms with Crippen LogP contribution in [0.25, 0.3) is 0 Å². The summed E-state index contributed by atoms with van der Waals surface area (Å²) in [6, 6.07) is 7.02. The van der Waals surface area contributed by atoms with E-state index in [1.54, 1.807) is 18.2 Å². The summed E-state index contributed by atoms with van der Waals surface area (Å²) in [4.78, 5) is 23.8. The van der Waals surface area contributed by atoms with E-state index in [2.05, 4.69) is 36.8 Å². The van der Waals surface area contributed by atoms with Crippen molar-refractivity contribution in [2.75, 3.05) is 11.9 Å². The summed E-state index contributed by atoms with van der Waals surface area (Å²) >= 11 is 3.29. The first kappa shape index (κ1) is 15.2. The lowest BCUT2D eigenvalue weighted by molar-refractivity contribution is -0.115. The molecular weight excluding hydrogens is 336 g/mol. The summed E-state index contributed by atoms with van der Waals surface area (Å²) in [7, 11) is 0. The summed E-state index contributed by atoms with van der Waals surface area (Å²) in [5.74, 6) is -0.162. The van der Waals surface area contributed by atoms with Gasteiger partial charge in [0.25, 0.3) is 5.91 Å². The molecule has 0 atom stereocenters. The first-order valence-electron chi connectivity index (χ1n) is 6.33. The van der Waals surface area contributed by atoms with Crippen molar-refractivity contribution in [1.29, 1.82) is 0 Å². The SMILES string of the molecule is Cc1[nH]nc(NC(=O)CNC(=O)c2ccccc2Br)c1C. The number of carbonyl (C=O) groups excluding carboxylic acids is 2. The molecular formula is C14H15BrN4O2. The van der Waals surface area contributed by atoms with Crippen molar-refractivity contribution in [3.05, 3.63) is 45.6 Å². The maximum atomic E-state index is 12.0. The van der Waals surface area contributed by atoms with Gasteiger partial charge in [0.1, 0.15) is 0 Å². The number of H-pyrrole nitrogens is 1. The number of amides is 2. The molecule has 3 N–H and O–H groups in total. The predicted octanol–water partition coefficient (Wildman–Crippen LogP) is 2.16. The summed E-state index contributed by atoms with van der Waals surface area (Å²) in [5.41, 5.74) is 2.25. The Morgan fingerprint density at radius 3 is 2.62 bits per heavy atom. The molecule has 7 heteroatoms. The second kappa shape index (κ2) is 6.53. The van der Waals surface area contributed by atoms with Gasteiger partial charge < -0.3 is 10.6 Å². The van der Waals surface area contributed by atoms with Crippen molar-refractivity contribution >= 4 is 33.6 Å². The highest BCUT2D eigenvalue weighted by Gasteiger charge is 2.12. The smallest absolute Gasteiger partial charge is 0.252 e. The number of anilines is 1. The normalized spacial score (nSPS) is 10.2.